The van der Waals surface area contributed by atoms with E-state index >= 15 is 0 Å². The molecule has 0 bridgehead atoms. The van der Waals surface area contributed by atoms with Crippen LogP contribution in [0.2, 0.25) is 5.02 Å². The summed E-state index contributed by atoms with van der Waals surface area (Å²) in [6.07, 6.45) is -4.91. The van der Waals surface area contributed by atoms with E-state index < -0.39 is 28.9 Å². The largest absolute Gasteiger partial charge is 0.433 e. The number of rotatable bonds is 3. The second-order valence-electron chi connectivity index (χ2n) is 5.97. The summed E-state index contributed by atoms with van der Waals surface area (Å²) < 4.78 is 39.2. The molecule has 2 heterocycles. The van der Waals surface area contributed by atoms with Crippen molar-refractivity contribution in [2.75, 3.05) is 4.90 Å². The van der Waals surface area contributed by atoms with Crippen molar-refractivity contribution < 1.29 is 22.8 Å². The Morgan fingerprint density at radius 1 is 1.29 bits per heavy atom. The third-order valence-electron chi connectivity index (χ3n) is 4.03. The predicted octanol–water partition coefficient (Wildman–Crippen LogP) is 4.36. The summed E-state index contributed by atoms with van der Waals surface area (Å²) in [6.45, 7) is 1.36. The number of anilines is 1. The minimum absolute atomic E-state index is 0.0526. The molecule has 0 radical (unpaired) electrons. The van der Waals surface area contributed by atoms with Gasteiger partial charge in [-0.3, -0.25) is 9.59 Å². The van der Waals surface area contributed by atoms with Crippen molar-refractivity contribution in [3.63, 3.8) is 0 Å². The number of benzene rings is 1. The van der Waals surface area contributed by atoms with Gasteiger partial charge in [-0.25, -0.2) is 9.88 Å². The van der Waals surface area contributed by atoms with Gasteiger partial charge >= 0.3 is 6.18 Å². The number of aromatic nitrogens is 1. The Hall–Kier alpha value is -2.57. The zero-order valence-corrected chi connectivity index (χ0v) is 15.8. The van der Waals surface area contributed by atoms with Crippen LogP contribution in [0.5, 0.6) is 0 Å². The van der Waals surface area contributed by atoms with Gasteiger partial charge in [-0.2, -0.15) is 18.4 Å². The third kappa shape index (κ3) is 3.84. The van der Waals surface area contributed by atoms with Gasteiger partial charge in [0.25, 0.3) is 0 Å². The lowest BCUT2D eigenvalue weighted by Gasteiger charge is -2.16. The first-order valence-electron chi connectivity index (χ1n) is 7.89. The van der Waals surface area contributed by atoms with Gasteiger partial charge in [-0.05, 0) is 42.8 Å². The first kappa shape index (κ1) is 20.2. The smallest absolute Gasteiger partial charge is 0.274 e. The van der Waals surface area contributed by atoms with Gasteiger partial charge in [0.15, 0.2) is 0 Å². The van der Waals surface area contributed by atoms with Crippen LogP contribution in [0.25, 0.3) is 0 Å². The second kappa shape index (κ2) is 7.45. The van der Waals surface area contributed by atoms with E-state index in [4.69, 9.17) is 11.6 Å². The summed E-state index contributed by atoms with van der Waals surface area (Å²) >= 11 is 6.49. The molecule has 3 rings (SSSR count). The van der Waals surface area contributed by atoms with Crippen LogP contribution in [0.3, 0.4) is 0 Å². The van der Waals surface area contributed by atoms with Crippen molar-refractivity contribution in [1.82, 2.24) is 4.98 Å². The number of amides is 2. The van der Waals surface area contributed by atoms with Gasteiger partial charge in [0.2, 0.25) is 11.8 Å². The number of halogens is 4. The summed E-state index contributed by atoms with van der Waals surface area (Å²) in [6, 6.07) is 8.63. The highest BCUT2D eigenvalue weighted by atomic mass is 35.5. The maximum absolute atomic E-state index is 13.1. The van der Waals surface area contributed by atoms with Crippen molar-refractivity contribution >= 4 is 40.9 Å². The van der Waals surface area contributed by atoms with E-state index in [-0.39, 0.29) is 22.6 Å². The molecular formula is C18H11ClF3N3O2S. The standard InChI is InChI=1S/C18H11ClF3N3O2S/c1-9-6-14(18(20,21)22)24-16(12(9)8-23)28-13-7-15(26)25(17(13)27)11-4-2-10(19)3-5-11/h2-6,13H,7H2,1H3/t13-/m0/s1. The number of carbonyl (C=O) groups is 2. The van der Waals surface area contributed by atoms with Crippen LogP contribution in [0, 0.1) is 18.3 Å². The van der Waals surface area contributed by atoms with Gasteiger partial charge in [0, 0.05) is 11.4 Å². The number of imide groups is 1. The van der Waals surface area contributed by atoms with Crippen LogP contribution in [0.4, 0.5) is 18.9 Å². The highest BCUT2D eigenvalue weighted by Crippen LogP contribution is 2.37. The van der Waals surface area contributed by atoms with Crippen molar-refractivity contribution in [1.29, 1.82) is 5.26 Å². The Labute approximate surface area is 167 Å². The predicted molar refractivity (Wildman–Crippen MR) is 96.9 cm³/mol. The quantitative estimate of drug-likeness (QED) is 0.683. The van der Waals surface area contributed by atoms with E-state index in [0.29, 0.717) is 22.5 Å². The molecule has 1 atom stereocenters. The Kier molecular flexibility index (Phi) is 5.37. The first-order chi connectivity index (χ1) is 13.1. The van der Waals surface area contributed by atoms with Gasteiger partial charge in [0.1, 0.15) is 16.8 Å². The number of hydrogen-bond acceptors (Lipinski definition) is 5. The molecule has 1 aromatic heterocycles. The van der Waals surface area contributed by atoms with Crippen molar-refractivity contribution in [3.8, 4) is 6.07 Å². The number of nitrogens with zero attached hydrogens (tertiary/aromatic N) is 3. The maximum Gasteiger partial charge on any atom is 0.433 e. The normalized spacial score (nSPS) is 17.1. The summed E-state index contributed by atoms with van der Waals surface area (Å²) in [4.78, 5) is 29.5. The number of hydrogen-bond donors (Lipinski definition) is 0. The fourth-order valence-electron chi connectivity index (χ4n) is 2.70. The van der Waals surface area contributed by atoms with Crippen LogP contribution in [0.1, 0.15) is 23.2 Å². The molecule has 1 aromatic carbocycles. The molecule has 1 aliphatic rings. The summed E-state index contributed by atoms with van der Waals surface area (Å²) in [5, 5.41) is 8.50. The molecule has 1 fully saturated rings. The van der Waals surface area contributed by atoms with E-state index in [9.17, 15) is 28.0 Å². The third-order valence-corrected chi connectivity index (χ3v) is 5.45. The van der Waals surface area contributed by atoms with Gasteiger partial charge in [-0.15, -0.1) is 0 Å². The number of pyridine rings is 1. The molecule has 0 unspecified atom stereocenters. The van der Waals surface area contributed by atoms with E-state index in [1.807, 2.05) is 6.07 Å². The summed E-state index contributed by atoms with van der Waals surface area (Å²) in [5.74, 6) is -1.08. The molecule has 10 heteroatoms. The van der Waals surface area contributed by atoms with Gasteiger partial charge < -0.3 is 0 Å². The molecule has 28 heavy (non-hydrogen) atoms. The van der Waals surface area contributed by atoms with Crippen LogP contribution in [0.15, 0.2) is 35.4 Å². The average molecular weight is 426 g/mol. The molecule has 0 N–H and O–H groups in total. The zero-order chi connectivity index (χ0) is 20.6. The average Bonchev–Trinajstić information content (AvgIpc) is 2.88. The number of aryl methyl sites for hydroxylation is 1. The Morgan fingerprint density at radius 3 is 2.50 bits per heavy atom. The molecule has 2 amide bonds. The van der Waals surface area contributed by atoms with Crippen LogP contribution in [-0.4, -0.2) is 22.0 Å². The number of nitriles is 1. The number of alkyl halides is 3. The van der Waals surface area contributed by atoms with Gasteiger partial charge in [0.05, 0.1) is 16.5 Å². The minimum atomic E-state index is -4.70. The van der Waals surface area contributed by atoms with Crippen LogP contribution < -0.4 is 4.90 Å². The molecular weight excluding hydrogens is 415 g/mol. The second-order valence-corrected chi connectivity index (χ2v) is 7.60. The molecule has 1 saturated heterocycles. The molecule has 0 aliphatic carbocycles. The SMILES string of the molecule is Cc1cc(C(F)(F)F)nc(S[C@H]2CC(=O)N(c3ccc(Cl)cc3)C2=O)c1C#N. The highest BCUT2D eigenvalue weighted by molar-refractivity contribution is 8.00. The molecule has 144 valence electrons. The monoisotopic (exact) mass is 425 g/mol. The zero-order valence-electron chi connectivity index (χ0n) is 14.2. The Bertz CT molecular complexity index is 1000. The Morgan fingerprint density at radius 2 is 1.93 bits per heavy atom. The molecule has 2 aromatic rings. The molecule has 0 spiro atoms. The lowest BCUT2D eigenvalue weighted by atomic mass is 10.1. The number of carbonyl (C=O) groups excluding carboxylic acids is 2. The fraction of sp³-hybridized carbons (Fsp3) is 0.222. The van der Waals surface area contributed by atoms with Crippen molar-refractivity contribution in [2.45, 2.75) is 29.8 Å². The van der Waals surface area contributed by atoms with E-state index in [2.05, 4.69) is 4.98 Å². The molecule has 1 aliphatic heterocycles. The maximum atomic E-state index is 13.1. The van der Waals surface area contributed by atoms with E-state index in [1.54, 1.807) is 0 Å². The van der Waals surface area contributed by atoms with Crippen LogP contribution >= 0.6 is 23.4 Å². The lowest BCUT2D eigenvalue weighted by molar-refractivity contribution is -0.141. The van der Waals surface area contributed by atoms with Crippen molar-refractivity contribution in [3.05, 3.63) is 52.2 Å². The summed E-state index contributed by atoms with van der Waals surface area (Å²) in [5.41, 5.74) is -0.795. The topological polar surface area (TPSA) is 74.1 Å². The van der Waals surface area contributed by atoms with E-state index in [0.717, 1.165) is 11.0 Å². The van der Waals surface area contributed by atoms with Crippen LogP contribution in [-0.2, 0) is 15.8 Å². The minimum Gasteiger partial charge on any atom is -0.274 e. The first-order valence-corrected chi connectivity index (χ1v) is 9.15. The Balaban J connectivity index is 1.93. The van der Waals surface area contributed by atoms with Crippen molar-refractivity contribution in [2.24, 2.45) is 0 Å². The lowest BCUT2D eigenvalue weighted by Crippen LogP contribution is -2.31. The molecule has 5 nitrogen and oxygen atoms in total. The van der Waals surface area contributed by atoms with E-state index in [1.165, 1.54) is 31.2 Å². The molecule has 0 saturated carbocycles. The number of thioether (sulfide) groups is 1. The summed E-state index contributed by atoms with van der Waals surface area (Å²) in [7, 11) is 0. The fourth-order valence-corrected chi connectivity index (χ4v) is 4.01. The van der Waals surface area contributed by atoms with Gasteiger partial charge in [-0.1, -0.05) is 23.4 Å². The highest BCUT2D eigenvalue weighted by Gasteiger charge is 2.41.